The first-order chi connectivity index (χ1) is 30.3. The zero-order chi connectivity index (χ0) is 43.0. The molecule has 1 N–H and O–H groups in total. The number of para-hydroxylation sites is 2. The Balaban J connectivity index is 1.09. The second-order valence-electron chi connectivity index (χ2n) is 15.1. The minimum atomic E-state index is -1.31. The topological polar surface area (TPSA) is 138 Å². The van der Waals surface area contributed by atoms with E-state index in [1.165, 1.54) is 30.8 Å². The van der Waals surface area contributed by atoms with Gasteiger partial charge in [0.15, 0.2) is 5.82 Å². The minimum Gasteiger partial charge on any atom is -0.497 e. The van der Waals surface area contributed by atoms with Crippen molar-refractivity contribution in [1.82, 2.24) is 24.2 Å². The number of allylic oxidation sites excluding steroid dienone is 4. The summed E-state index contributed by atoms with van der Waals surface area (Å²) < 4.78 is 35.7. The van der Waals surface area contributed by atoms with Crippen LogP contribution in [0.25, 0.3) is 38.3 Å². The molecule has 0 saturated carbocycles. The molecule has 0 radical (unpaired) electrons. The van der Waals surface area contributed by atoms with Crippen molar-refractivity contribution in [1.29, 1.82) is 0 Å². The average Bonchev–Trinajstić information content (AvgIpc) is 3.72. The van der Waals surface area contributed by atoms with E-state index in [2.05, 4.69) is 9.88 Å². The molecule has 0 unspecified atom stereocenters. The molecule has 1 aliphatic carbocycles. The van der Waals surface area contributed by atoms with Gasteiger partial charge in [-0.3, -0.25) is 9.88 Å². The third kappa shape index (κ3) is 9.55. The zero-order valence-electron chi connectivity index (χ0n) is 34.9. The number of pyridine rings is 1. The van der Waals surface area contributed by atoms with Gasteiger partial charge in [0.2, 0.25) is 12.0 Å². The molecule has 320 valence electrons. The van der Waals surface area contributed by atoms with E-state index in [0.29, 0.717) is 69.9 Å². The molecule has 0 amide bonds. The number of fused-ring (bicyclic) bond motifs is 1. The summed E-state index contributed by atoms with van der Waals surface area (Å²) in [6.07, 6.45) is 7.06. The van der Waals surface area contributed by atoms with Gasteiger partial charge < -0.3 is 28.8 Å². The van der Waals surface area contributed by atoms with E-state index >= 15 is 0 Å². The molecule has 1 saturated heterocycles. The molecule has 8 rings (SSSR count). The van der Waals surface area contributed by atoms with E-state index in [-0.39, 0.29) is 18.9 Å². The standard InChI is InChI=1S/C48H48ClN5O7S/c1-30-35(18-19-39(44(30)49)59-25-24-54-22-9-4-10-23-54)42-43-41(28-51-45(42)32-13-11-14-34(26-32)57-2)62-53-47(43)61-40(48(55)56)27-31-12-5-7-16-37(31)60-29-33-20-21-50-46(52-33)36-15-6-8-17-38(36)58-3/h5-8,11-17,20-21,26,28,40H,4,9-10,18-19,22-25,27,29H2,1-3H3,(H,55,56)/t40-/m1/s1. The van der Waals surface area contributed by atoms with E-state index in [1.807, 2.05) is 73.7 Å². The summed E-state index contributed by atoms with van der Waals surface area (Å²) in [5.41, 5.74) is 6.16. The molecule has 1 atom stereocenters. The van der Waals surface area contributed by atoms with E-state index in [4.69, 9.17) is 49.6 Å². The van der Waals surface area contributed by atoms with E-state index in [0.717, 1.165) is 57.9 Å². The maximum Gasteiger partial charge on any atom is 0.345 e. The minimum absolute atomic E-state index is 0.00165. The number of ether oxygens (including phenoxy) is 5. The van der Waals surface area contributed by atoms with Crippen molar-refractivity contribution in [3.05, 3.63) is 124 Å². The van der Waals surface area contributed by atoms with Gasteiger partial charge in [0.05, 0.1) is 46.3 Å². The van der Waals surface area contributed by atoms with E-state index < -0.39 is 12.1 Å². The molecule has 2 aliphatic rings. The number of piperidine rings is 1. The Labute approximate surface area is 369 Å². The number of halogens is 1. The van der Waals surface area contributed by atoms with Crippen LogP contribution in [0, 0.1) is 0 Å². The second kappa shape index (κ2) is 19.8. The van der Waals surface area contributed by atoms with E-state index in [9.17, 15) is 9.90 Å². The lowest BCUT2D eigenvalue weighted by molar-refractivity contribution is -0.145. The lowest BCUT2D eigenvalue weighted by atomic mass is 9.87. The van der Waals surface area contributed by atoms with Crippen molar-refractivity contribution < 1.29 is 33.6 Å². The van der Waals surface area contributed by atoms with Crippen LogP contribution in [0.3, 0.4) is 0 Å². The first-order valence-electron chi connectivity index (χ1n) is 20.7. The van der Waals surface area contributed by atoms with E-state index in [1.54, 1.807) is 38.7 Å². The molecule has 0 bridgehead atoms. The predicted octanol–water partition coefficient (Wildman–Crippen LogP) is 10.0. The van der Waals surface area contributed by atoms with Crippen molar-refractivity contribution in [3.63, 3.8) is 0 Å². The highest BCUT2D eigenvalue weighted by atomic mass is 35.5. The lowest BCUT2D eigenvalue weighted by Gasteiger charge is -2.28. The monoisotopic (exact) mass is 873 g/mol. The summed E-state index contributed by atoms with van der Waals surface area (Å²) in [5.74, 6) is 2.18. The van der Waals surface area contributed by atoms with Gasteiger partial charge in [-0.25, -0.2) is 14.8 Å². The fourth-order valence-electron chi connectivity index (χ4n) is 8.00. The molecular formula is C48H48ClN5O7S. The van der Waals surface area contributed by atoms with Gasteiger partial charge in [0.1, 0.15) is 36.2 Å². The molecule has 1 fully saturated rings. The number of carboxylic acid groups (broad SMARTS) is 1. The fourth-order valence-corrected chi connectivity index (χ4v) is 8.96. The van der Waals surface area contributed by atoms with Gasteiger partial charge in [-0.15, -0.1) is 0 Å². The Bertz CT molecular complexity index is 2620. The summed E-state index contributed by atoms with van der Waals surface area (Å²) >= 11 is 8.36. The third-order valence-electron chi connectivity index (χ3n) is 11.2. The number of hydrogen-bond donors (Lipinski definition) is 1. The van der Waals surface area contributed by atoms with Gasteiger partial charge in [-0.05, 0) is 104 Å². The maximum absolute atomic E-state index is 13.1. The first kappa shape index (κ1) is 42.7. The SMILES string of the molecule is COc1cccc(-c2ncc3snc(O[C@H](Cc4ccccc4OCc4ccnc(-c5ccccc5OC)n4)C(=O)O)c3c2C2=C(C)C(Cl)=C(OCCN3CCCCC3)CC2)c1. The Kier molecular flexibility index (Phi) is 13.6. The van der Waals surface area contributed by atoms with Crippen LogP contribution < -0.4 is 18.9 Å². The average molecular weight is 874 g/mol. The normalized spacial score (nSPS) is 15.1. The van der Waals surface area contributed by atoms with Gasteiger partial charge in [-0.2, -0.15) is 4.37 Å². The molecule has 14 heteroatoms. The lowest BCUT2D eigenvalue weighted by Crippen LogP contribution is -2.32. The Morgan fingerprint density at radius 2 is 1.73 bits per heavy atom. The van der Waals surface area contributed by atoms with Gasteiger partial charge in [0.25, 0.3) is 0 Å². The Morgan fingerprint density at radius 1 is 0.919 bits per heavy atom. The Morgan fingerprint density at radius 3 is 2.53 bits per heavy atom. The number of likely N-dealkylation sites (tertiary alicyclic amines) is 1. The smallest absolute Gasteiger partial charge is 0.345 e. The highest BCUT2D eigenvalue weighted by Gasteiger charge is 2.30. The van der Waals surface area contributed by atoms with Crippen molar-refractivity contribution in [2.45, 2.75) is 58.2 Å². The zero-order valence-corrected chi connectivity index (χ0v) is 36.5. The number of methoxy groups -OCH3 is 2. The summed E-state index contributed by atoms with van der Waals surface area (Å²) in [6, 6.07) is 24.4. The Hall–Kier alpha value is -6.02. The van der Waals surface area contributed by atoms with Crippen LogP contribution in [0.5, 0.6) is 23.1 Å². The molecule has 3 aromatic carbocycles. The van der Waals surface area contributed by atoms with Crippen LogP contribution in [0.15, 0.2) is 108 Å². The second-order valence-corrected chi connectivity index (χ2v) is 16.3. The number of benzene rings is 3. The summed E-state index contributed by atoms with van der Waals surface area (Å²) in [7, 11) is 3.23. The van der Waals surface area contributed by atoms with Crippen molar-refractivity contribution in [2.24, 2.45) is 0 Å². The molecule has 1 aliphatic heterocycles. The molecule has 3 aromatic heterocycles. The number of rotatable bonds is 17. The maximum atomic E-state index is 13.1. The molecule has 0 spiro atoms. The highest BCUT2D eigenvalue weighted by molar-refractivity contribution is 7.13. The van der Waals surface area contributed by atoms with Crippen LogP contribution in [0.2, 0.25) is 0 Å². The van der Waals surface area contributed by atoms with Crippen molar-refractivity contribution >= 4 is 44.8 Å². The van der Waals surface area contributed by atoms with Crippen LogP contribution in [0.1, 0.15) is 55.8 Å². The molecular weight excluding hydrogens is 826 g/mol. The summed E-state index contributed by atoms with van der Waals surface area (Å²) in [4.78, 5) is 29.6. The van der Waals surface area contributed by atoms with Gasteiger partial charge in [0, 0.05) is 42.9 Å². The van der Waals surface area contributed by atoms with Crippen LogP contribution >= 0.6 is 23.1 Å². The molecule has 12 nitrogen and oxygen atoms in total. The van der Waals surface area contributed by atoms with Crippen LogP contribution in [-0.2, 0) is 22.6 Å². The van der Waals surface area contributed by atoms with Gasteiger partial charge >= 0.3 is 5.97 Å². The highest BCUT2D eigenvalue weighted by Crippen LogP contribution is 2.47. The van der Waals surface area contributed by atoms with Crippen LogP contribution in [0.4, 0.5) is 0 Å². The van der Waals surface area contributed by atoms with Crippen molar-refractivity contribution in [2.75, 3.05) is 40.5 Å². The van der Waals surface area contributed by atoms with Gasteiger partial charge in [-0.1, -0.05) is 60.5 Å². The molecule has 6 aromatic rings. The molecule has 4 heterocycles. The molecule has 62 heavy (non-hydrogen) atoms. The predicted molar refractivity (Wildman–Crippen MR) is 241 cm³/mol. The quantitative estimate of drug-likeness (QED) is 0.0934. The van der Waals surface area contributed by atoms with Crippen molar-refractivity contribution in [3.8, 4) is 45.8 Å². The summed E-state index contributed by atoms with van der Waals surface area (Å²) in [5, 5.41) is 11.9. The number of carbonyl (C=O) groups is 1. The number of aliphatic carboxylic acids is 1. The fraction of sp³-hybridized carbons (Fsp3) is 0.312. The number of carboxylic acids is 1. The third-order valence-corrected chi connectivity index (χ3v) is 12.5. The number of aromatic nitrogens is 4. The largest absolute Gasteiger partial charge is 0.497 e. The first-order valence-corrected chi connectivity index (χ1v) is 21.9. The number of nitrogens with zero attached hydrogens (tertiary/aromatic N) is 5. The number of hydrogen-bond acceptors (Lipinski definition) is 12. The summed E-state index contributed by atoms with van der Waals surface area (Å²) in [6.45, 7) is 5.75. The van der Waals surface area contributed by atoms with Crippen LogP contribution in [-0.4, -0.2) is 81.9 Å².